The van der Waals surface area contributed by atoms with Crippen LogP contribution in [0.2, 0.25) is 0 Å². The summed E-state index contributed by atoms with van der Waals surface area (Å²) < 4.78 is 7.30. The Morgan fingerprint density at radius 2 is 1.96 bits per heavy atom. The number of methoxy groups -OCH3 is 1. The molecule has 1 atom stereocenters. The molecular formula is C21H31N3O4. The van der Waals surface area contributed by atoms with Crippen LogP contribution in [0.4, 0.5) is 4.79 Å². The van der Waals surface area contributed by atoms with Crippen molar-refractivity contribution in [2.75, 3.05) is 20.3 Å². The van der Waals surface area contributed by atoms with Gasteiger partial charge in [-0.3, -0.25) is 14.5 Å². The summed E-state index contributed by atoms with van der Waals surface area (Å²) in [5.74, 6) is 0.0958. The van der Waals surface area contributed by atoms with Crippen LogP contribution in [0.25, 0.3) is 0 Å². The first-order valence-electron chi connectivity index (χ1n) is 10.0. The van der Waals surface area contributed by atoms with Crippen LogP contribution in [0.15, 0.2) is 6.07 Å². The number of Topliss-reactive ketones (excluding diaryl/α,β-unsaturated/α-hetero) is 1. The summed E-state index contributed by atoms with van der Waals surface area (Å²) in [4.78, 5) is 39.5. The molecule has 2 aliphatic rings. The van der Waals surface area contributed by atoms with Crippen LogP contribution in [0.3, 0.4) is 0 Å². The lowest BCUT2D eigenvalue weighted by atomic mass is 9.77. The van der Waals surface area contributed by atoms with E-state index in [-0.39, 0.29) is 24.3 Å². The van der Waals surface area contributed by atoms with Crippen molar-refractivity contribution in [1.82, 2.24) is 14.8 Å². The number of hydrogen-bond acceptors (Lipinski definition) is 4. The Bertz CT molecular complexity index is 790. The fourth-order valence-corrected chi connectivity index (χ4v) is 4.70. The molecule has 1 spiro atoms. The summed E-state index contributed by atoms with van der Waals surface area (Å²) in [7, 11) is 1.65. The zero-order valence-electron chi connectivity index (χ0n) is 17.5. The normalized spacial score (nSPS) is 26.0. The molecule has 3 amide bonds. The van der Waals surface area contributed by atoms with Crippen LogP contribution in [0.5, 0.6) is 0 Å². The number of aromatic nitrogens is 1. The van der Waals surface area contributed by atoms with E-state index in [9.17, 15) is 14.4 Å². The number of nitrogens with one attached hydrogen (secondary N) is 1. The maximum atomic E-state index is 13.0. The molecule has 1 aromatic heterocycles. The smallest absolute Gasteiger partial charge is 0.325 e. The van der Waals surface area contributed by atoms with Gasteiger partial charge < -0.3 is 14.6 Å². The van der Waals surface area contributed by atoms with Crippen molar-refractivity contribution in [3.05, 3.63) is 23.0 Å². The molecule has 1 N–H and O–H groups in total. The molecular weight excluding hydrogens is 358 g/mol. The Kier molecular flexibility index (Phi) is 5.66. The molecule has 0 bridgehead atoms. The number of imide groups is 1. The number of nitrogens with zero attached hydrogens (tertiary/aromatic N) is 2. The van der Waals surface area contributed by atoms with Gasteiger partial charge in [-0.2, -0.15) is 0 Å². The largest absolute Gasteiger partial charge is 0.383 e. The lowest BCUT2D eigenvalue weighted by molar-refractivity contribution is -0.132. The predicted molar refractivity (Wildman–Crippen MR) is 105 cm³/mol. The molecule has 2 heterocycles. The number of urea groups is 1. The van der Waals surface area contributed by atoms with E-state index in [0.717, 1.165) is 29.1 Å². The van der Waals surface area contributed by atoms with Crippen molar-refractivity contribution < 1.29 is 19.1 Å². The minimum absolute atomic E-state index is 0.0933. The van der Waals surface area contributed by atoms with Gasteiger partial charge >= 0.3 is 6.03 Å². The number of carbonyl (C=O) groups excluding carboxylic acids is 3. The lowest BCUT2D eigenvalue weighted by Crippen LogP contribution is -2.49. The van der Waals surface area contributed by atoms with Crippen molar-refractivity contribution >= 4 is 17.7 Å². The second kappa shape index (κ2) is 7.70. The molecule has 1 saturated carbocycles. The molecule has 0 aromatic carbocycles. The number of amides is 3. The van der Waals surface area contributed by atoms with Crippen molar-refractivity contribution in [1.29, 1.82) is 0 Å². The molecule has 1 aromatic rings. The molecule has 7 nitrogen and oxygen atoms in total. The van der Waals surface area contributed by atoms with Crippen molar-refractivity contribution in [3.8, 4) is 0 Å². The Balaban J connectivity index is 1.77. The maximum absolute atomic E-state index is 13.0. The Hall–Kier alpha value is -2.15. The number of carbonyl (C=O) groups is 3. The Morgan fingerprint density at radius 1 is 1.32 bits per heavy atom. The first-order valence-corrected chi connectivity index (χ1v) is 10.0. The highest BCUT2D eigenvalue weighted by molar-refractivity contribution is 6.11. The topological polar surface area (TPSA) is 80.6 Å². The number of rotatable bonds is 6. The molecule has 7 heteroatoms. The number of ketones is 1. The third kappa shape index (κ3) is 3.48. The second-order valence-corrected chi connectivity index (χ2v) is 8.47. The molecule has 1 saturated heterocycles. The minimum atomic E-state index is -0.812. The van der Waals surface area contributed by atoms with Gasteiger partial charge in [-0.1, -0.05) is 6.92 Å². The fraction of sp³-hybridized carbons (Fsp3) is 0.667. The third-order valence-electron chi connectivity index (χ3n) is 6.31. The summed E-state index contributed by atoms with van der Waals surface area (Å²) in [5.41, 5.74) is 1.54. The number of ether oxygens (including phenoxy) is 1. The van der Waals surface area contributed by atoms with Gasteiger partial charge in [-0.05, 0) is 58.4 Å². The average molecular weight is 389 g/mol. The van der Waals surface area contributed by atoms with Gasteiger partial charge in [0.1, 0.15) is 5.54 Å². The highest BCUT2D eigenvalue weighted by atomic mass is 16.5. The summed E-state index contributed by atoms with van der Waals surface area (Å²) in [6, 6.07) is 1.48. The first kappa shape index (κ1) is 20.6. The molecule has 2 fully saturated rings. The summed E-state index contributed by atoms with van der Waals surface area (Å²) in [5, 5.41) is 2.88. The van der Waals surface area contributed by atoms with Gasteiger partial charge in [0, 0.05) is 24.1 Å². The van der Waals surface area contributed by atoms with Crippen LogP contribution in [0.1, 0.15) is 67.3 Å². The van der Waals surface area contributed by atoms with Crippen LogP contribution in [-0.2, 0) is 9.53 Å². The van der Waals surface area contributed by atoms with Crippen LogP contribution in [0, 0.1) is 19.8 Å². The van der Waals surface area contributed by atoms with Gasteiger partial charge in [0.25, 0.3) is 5.91 Å². The molecule has 3 rings (SSSR count). The summed E-state index contributed by atoms with van der Waals surface area (Å²) >= 11 is 0. The monoisotopic (exact) mass is 389 g/mol. The number of hydrogen-bond donors (Lipinski definition) is 1. The summed E-state index contributed by atoms with van der Waals surface area (Å²) in [6.07, 6.45) is 3.11. The van der Waals surface area contributed by atoms with Crippen molar-refractivity contribution in [2.45, 2.75) is 65.0 Å². The molecule has 1 aliphatic heterocycles. The van der Waals surface area contributed by atoms with Gasteiger partial charge in [0.15, 0.2) is 5.78 Å². The fourth-order valence-electron chi connectivity index (χ4n) is 4.70. The van der Waals surface area contributed by atoms with E-state index in [4.69, 9.17) is 4.74 Å². The van der Waals surface area contributed by atoms with Gasteiger partial charge in [-0.15, -0.1) is 0 Å². The van der Waals surface area contributed by atoms with E-state index in [0.29, 0.717) is 30.9 Å². The van der Waals surface area contributed by atoms with E-state index >= 15 is 0 Å². The molecule has 28 heavy (non-hydrogen) atoms. The van der Waals surface area contributed by atoms with Gasteiger partial charge in [0.05, 0.1) is 19.2 Å². The second-order valence-electron chi connectivity index (χ2n) is 8.47. The van der Waals surface area contributed by atoms with E-state index in [1.54, 1.807) is 7.11 Å². The SMILES string of the molecule is COCC(C)n1c(C)cc(C(=O)CN2C(=O)NC3(CCC(C)CC3)C2=O)c1C. The van der Waals surface area contributed by atoms with Gasteiger partial charge in [0.2, 0.25) is 0 Å². The van der Waals surface area contributed by atoms with Crippen molar-refractivity contribution in [3.63, 3.8) is 0 Å². The lowest BCUT2D eigenvalue weighted by Gasteiger charge is -2.33. The molecule has 154 valence electrons. The molecule has 1 unspecified atom stereocenters. The maximum Gasteiger partial charge on any atom is 0.325 e. The van der Waals surface area contributed by atoms with Gasteiger partial charge in [-0.25, -0.2) is 4.79 Å². The van der Waals surface area contributed by atoms with E-state index in [1.807, 2.05) is 26.8 Å². The van der Waals surface area contributed by atoms with E-state index < -0.39 is 11.6 Å². The third-order valence-corrected chi connectivity index (χ3v) is 6.31. The summed E-state index contributed by atoms with van der Waals surface area (Å²) in [6.45, 7) is 8.35. The predicted octanol–water partition coefficient (Wildman–Crippen LogP) is 3.00. The van der Waals surface area contributed by atoms with E-state index in [2.05, 4.69) is 16.8 Å². The van der Waals surface area contributed by atoms with Crippen LogP contribution >= 0.6 is 0 Å². The highest BCUT2D eigenvalue weighted by Gasteiger charge is 2.52. The Morgan fingerprint density at radius 3 is 2.57 bits per heavy atom. The molecule has 1 aliphatic carbocycles. The molecule has 0 radical (unpaired) electrons. The minimum Gasteiger partial charge on any atom is -0.383 e. The van der Waals surface area contributed by atoms with Crippen LogP contribution in [-0.4, -0.2) is 53.0 Å². The first-order chi connectivity index (χ1) is 13.2. The zero-order valence-corrected chi connectivity index (χ0v) is 17.5. The van der Waals surface area contributed by atoms with Crippen molar-refractivity contribution in [2.24, 2.45) is 5.92 Å². The average Bonchev–Trinajstić information content (AvgIpc) is 3.06. The van der Waals surface area contributed by atoms with E-state index in [1.165, 1.54) is 0 Å². The quantitative estimate of drug-likeness (QED) is 0.599. The van der Waals surface area contributed by atoms with Crippen LogP contribution < -0.4 is 5.32 Å². The Labute approximate surface area is 166 Å². The number of aryl methyl sites for hydroxylation is 1. The standard InChI is InChI=1S/C21H31N3O4/c1-13-6-8-21(9-7-13)19(26)23(20(27)22-21)11-18(25)17-10-14(2)24(16(17)4)15(3)12-28-5/h10,13,15H,6-9,11-12H2,1-5H3,(H,22,27). The highest BCUT2D eigenvalue weighted by Crippen LogP contribution is 2.36. The zero-order chi connectivity index (χ0) is 20.6.